The first-order valence-corrected chi connectivity index (χ1v) is 7.56. The zero-order chi connectivity index (χ0) is 14.0. The maximum absolute atomic E-state index is 5.57. The van der Waals surface area contributed by atoms with Crippen LogP contribution in [0.1, 0.15) is 22.7 Å². The van der Waals surface area contributed by atoms with E-state index in [2.05, 4.69) is 42.3 Å². The van der Waals surface area contributed by atoms with E-state index in [-0.39, 0.29) is 0 Å². The van der Waals surface area contributed by atoms with Crippen molar-refractivity contribution in [1.82, 2.24) is 4.90 Å². The molecule has 3 nitrogen and oxygen atoms in total. The zero-order valence-electron chi connectivity index (χ0n) is 12.1. The summed E-state index contributed by atoms with van der Waals surface area (Å²) in [5.41, 5.74) is 7.12. The zero-order valence-corrected chi connectivity index (χ0v) is 12.1. The first-order valence-electron chi connectivity index (χ1n) is 7.56. The minimum absolute atomic E-state index is 0.342. The van der Waals surface area contributed by atoms with Crippen LogP contribution in [0.2, 0.25) is 0 Å². The van der Waals surface area contributed by atoms with Gasteiger partial charge < -0.3 is 9.47 Å². The van der Waals surface area contributed by atoms with Gasteiger partial charge in [-0.25, -0.2) is 0 Å². The van der Waals surface area contributed by atoms with Gasteiger partial charge in [0.25, 0.3) is 0 Å². The van der Waals surface area contributed by atoms with Crippen LogP contribution in [0.15, 0.2) is 30.3 Å². The van der Waals surface area contributed by atoms with Crippen molar-refractivity contribution in [2.24, 2.45) is 0 Å². The van der Waals surface area contributed by atoms with Crippen LogP contribution in [-0.2, 0) is 12.8 Å². The molecule has 1 atom stereocenters. The van der Waals surface area contributed by atoms with E-state index < -0.39 is 0 Å². The smallest absolute Gasteiger partial charge is 0.231 e. The maximum atomic E-state index is 5.57. The molecule has 0 amide bonds. The Bertz CT molecular complexity index is 753. The third-order valence-corrected chi connectivity index (χ3v) is 5.10. The fourth-order valence-electron chi connectivity index (χ4n) is 4.00. The van der Waals surface area contributed by atoms with Crippen molar-refractivity contribution in [2.75, 3.05) is 20.4 Å². The molecular formula is C18H17NO2. The highest BCUT2D eigenvalue weighted by molar-refractivity contribution is 5.78. The number of ether oxygens (including phenoxy) is 2. The van der Waals surface area contributed by atoms with Gasteiger partial charge in [-0.2, -0.15) is 0 Å². The fraction of sp³-hybridized carbons (Fsp3) is 0.333. The highest BCUT2D eigenvalue weighted by atomic mass is 16.7. The average molecular weight is 279 g/mol. The summed E-state index contributed by atoms with van der Waals surface area (Å²) in [6.45, 7) is 1.48. The van der Waals surface area contributed by atoms with Gasteiger partial charge in [-0.1, -0.05) is 18.2 Å². The van der Waals surface area contributed by atoms with Gasteiger partial charge in [0, 0.05) is 12.6 Å². The molecule has 0 fully saturated rings. The largest absolute Gasteiger partial charge is 0.454 e. The highest BCUT2D eigenvalue weighted by Gasteiger charge is 2.33. The lowest BCUT2D eigenvalue weighted by Gasteiger charge is -2.39. The summed E-state index contributed by atoms with van der Waals surface area (Å²) in [4.78, 5) is 2.49. The van der Waals surface area contributed by atoms with E-state index in [9.17, 15) is 0 Å². The van der Waals surface area contributed by atoms with Crippen LogP contribution in [-0.4, -0.2) is 25.3 Å². The third kappa shape index (κ3) is 1.52. The molecule has 0 bridgehead atoms. The summed E-state index contributed by atoms with van der Waals surface area (Å²) >= 11 is 0. The molecule has 0 radical (unpaired) electrons. The van der Waals surface area contributed by atoms with Gasteiger partial charge in [-0.15, -0.1) is 0 Å². The van der Waals surface area contributed by atoms with Crippen LogP contribution in [0.3, 0.4) is 0 Å². The lowest BCUT2D eigenvalue weighted by molar-refractivity contribution is 0.174. The molecule has 1 aliphatic carbocycles. The Morgan fingerprint density at radius 2 is 1.90 bits per heavy atom. The average Bonchev–Trinajstić information content (AvgIpc) is 2.96. The first-order chi connectivity index (χ1) is 10.3. The SMILES string of the molecule is CN1CCc2cccc3c2C1Cc1cc2c(cc1-3)OCO2. The van der Waals surface area contributed by atoms with E-state index in [1.807, 2.05) is 0 Å². The van der Waals surface area contributed by atoms with E-state index in [4.69, 9.17) is 9.47 Å². The van der Waals surface area contributed by atoms with Crippen LogP contribution in [0.25, 0.3) is 11.1 Å². The predicted octanol–water partition coefficient (Wildman–Crippen LogP) is 3.17. The molecule has 2 aromatic carbocycles. The molecule has 2 heterocycles. The number of fused-ring (bicyclic) bond motifs is 3. The van der Waals surface area contributed by atoms with E-state index in [1.165, 1.54) is 27.8 Å². The van der Waals surface area contributed by atoms with E-state index in [0.717, 1.165) is 30.9 Å². The Morgan fingerprint density at radius 3 is 2.81 bits per heavy atom. The minimum atomic E-state index is 0.342. The molecule has 0 saturated heterocycles. The molecule has 21 heavy (non-hydrogen) atoms. The Kier molecular flexibility index (Phi) is 2.22. The summed E-state index contributed by atoms with van der Waals surface area (Å²) in [7, 11) is 2.24. The van der Waals surface area contributed by atoms with Gasteiger partial charge in [-0.3, -0.25) is 4.90 Å². The molecule has 3 aliphatic rings. The van der Waals surface area contributed by atoms with Gasteiger partial charge in [-0.05, 0) is 59.8 Å². The van der Waals surface area contributed by atoms with Crippen molar-refractivity contribution in [1.29, 1.82) is 0 Å². The Hall–Kier alpha value is -2.00. The summed E-state index contributed by atoms with van der Waals surface area (Å²) in [6.07, 6.45) is 2.21. The van der Waals surface area contributed by atoms with Crippen LogP contribution in [0.4, 0.5) is 0 Å². The number of hydrogen-bond donors (Lipinski definition) is 0. The van der Waals surface area contributed by atoms with E-state index in [0.29, 0.717) is 12.8 Å². The monoisotopic (exact) mass is 279 g/mol. The summed E-state index contributed by atoms with van der Waals surface area (Å²) in [5.74, 6) is 1.78. The predicted molar refractivity (Wildman–Crippen MR) is 80.8 cm³/mol. The molecule has 0 spiro atoms. The molecular weight excluding hydrogens is 262 g/mol. The summed E-state index contributed by atoms with van der Waals surface area (Å²) in [5, 5.41) is 0. The molecule has 0 aromatic heterocycles. The molecule has 5 rings (SSSR count). The van der Waals surface area contributed by atoms with Crippen molar-refractivity contribution in [3.8, 4) is 22.6 Å². The van der Waals surface area contributed by atoms with Gasteiger partial charge in [0.2, 0.25) is 6.79 Å². The van der Waals surface area contributed by atoms with E-state index in [1.54, 1.807) is 0 Å². The van der Waals surface area contributed by atoms with Crippen molar-refractivity contribution >= 4 is 0 Å². The number of rotatable bonds is 0. The van der Waals surface area contributed by atoms with Crippen molar-refractivity contribution in [2.45, 2.75) is 18.9 Å². The lowest BCUT2D eigenvalue weighted by Crippen LogP contribution is -2.35. The number of hydrogen-bond acceptors (Lipinski definition) is 3. The summed E-state index contributed by atoms with van der Waals surface area (Å²) in [6, 6.07) is 11.6. The summed E-state index contributed by atoms with van der Waals surface area (Å²) < 4.78 is 11.1. The van der Waals surface area contributed by atoms with Gasteiger partial charge in [0.1, 0.15) is 0 Å². The quantitative estimate of drug-likeness (QED) is 0.739. The highest BCUT2D eigenvalue weighted by Crippen LogP contribution is 2.48. The number of nitrogens with zero attached hydrogens (tertiary/aromatic N) is 1. The van der Waals surface area contributed by atoms with Crippen LogP contribution >= 0.6 is 0 Å². The Balaban J connectivity index is 1.79. The molecule has 0 saturated carbocycles. The van der Waals surface area contributed by atoms with Crippen molar-refractivity contribution in [3.63, 3.8) is 0 Å². The van der Waals surface area contributed by atoms with Crippen molar-refractivity contribution in [3.05, 3.63) is 47.0 Å². The van der Waals surface area contributed by atoms with Crippen LogP contribution < -0.4 is 9.47 Å². The molecule has 106 valence electrons. The number of benzene rings is 2. The standard InChI is InChI=1S/C18H17NO2/c1-19-6-5-11-3-2-4-13-14-9-17-16(20-10-21-17)8-12(14)7-15(19)18(11)13/h2-4,8-9,15H,5-7,10H2,1H3. The van der Waals surface area contributed by atoms with Gasteiger partial charge in [0.05, 0.1) is 0 Å². The molecule has 1 unspecified atom stereocenters. The minimum Gasteiger partial charge on any atom is -0.454 e. The fourth-order valence-corrected chi connectivity index (χ4v) is 4.00. The molecule has 0 N–H and O–H groups in total. The Labute approximate surface area is 124 Å². The third-order valence-electron chi connectivity index (χ3n) is 5.10. The van der Waals surface area contributed by atoms with E-state index >= 15 is 0 Å². The second-order valence-corrected chi connectivity index (χ2v) is 6.19. The van der Waals surface area contributed by atoms with Gasteiger partial charge in [0.15, 0.2) is 11.5 Å². The second kappa shape index (κ2) is 4.01. The Morgan fingerprint density at radius 1 is 1.05 bits per heavy atom. The molecule has 3 heteroatoms. The van der Waals surface area contributed by atoms with Crippen molar-refractivity contribution < 1.29 is 9.47 Å². The van der Waals surface area contributed by atoms with Gasteiger partial charge >= 0.3 is 0 Å². The maximum Gasteiger partial charge on any atom is 0.231 e. The normalized spacial score (nSPS) is 21.9. The molecule has 2 aromatic rings. The second-order valence-electron chi connectivity index (χ2n) is 6.19. The first kappa shape index (κ1) is 11.6. The van der Waals surface area contributed by atoms with Crippen LogP contribution in [0, 0.1) is 0 Å². The topological polar surface area (TPSA) is 21.7 Å². The van der Waals surface area contributed by atoms with Crippen LogP contribution in [0.5, 0.6) is 11.5 Å². The molecule has 2 aliphatic heterocycles. The lowest BCUT2D eigenvalue weighted by atomic mass is 9.77. The number of likely N-dealkylation sites (N-methyl/N-ethyl adjacent to an activating group) is 1.